The molecule has 0 aliphatic rings. The number of nitrogens with zero attached hydrogens (tertiary/aromatic N) is 1. The van der Waals surface area contributed by atoms with Gasteiger partial charge in [0.25, 0.3) is 5.91 Å². The number of nitrogens with one attached hydrogen (secondary N) is 2. The minimum Gasteiger partial charge on any atom is -0.370 e. The van der Waals surface area contributed by atoms with Crippen molar-refractivity contribution >= 4 is 17.6 Å². The van der Waals surface area contributed by atoms with Gasteiger partial charge in [-0.1, -0.05) is 6.92 Å². The third-order valence-corrected chi connectivity index (χ3v) is 2.66. The van der Waals surface area contributed by atoms with Crippen LogP contribution in [0.1, 0.15) is 42.2 Å². The molecule has 6 nitrogen and oxygen atoms in total. The van der Waals surface area contributed by atoms with Crippen molar-refractivity contribution < 1.29 is 9.59 Å². The average Bonchev–Trinajstić information content (AvgIpc) is 2.40. The summed E-state index contributed by atoms with van der Waals surface area (Å²) >= 11 is 0. The zero-order chi connectivity index (χ0) is 15.0. The fraction of sp³-hybridized carbons (Fsp3) is 0.500. The third-order valence-electron chi connectivity index (χ3n) is 2.66. The molecule has 0 spiro atoms. The van der Waals surface area contributed by atoms with Gasteiger partial charge in [-0.05, 0) is 31.9 Å². The van der Waals surface area contributed by atoms with Gasteiger partial charge >= 0.3 is 0 Å². The average molecular weight is 278 g/mol. The van der Waals surface area contributed by atoms with Crippen molar-refractivity contribution in [2.45, 2.75) is 33.1 Å². The molecule has 110 valence electrons. The Morgan fingerprint density at radius 2 is 2.05 bits per heavy atom. The first kappa shape index (κ1) is 15.9. The van der Waals surface area contributed by atoms with Crippen molar-refractivity contribution in [2.75, 3.05) is 18.4 Å². The van der Waals surface area contributed by atoms with Gasteiger partial charge in [0.1, 0.15) is 5.82 Å². The van der Waals surface area contributed by atoms with Crippen molar-refractivity contribution in [1.29, 1.82) is 0 Å². The number of anilines is 1. The van der Waals surface area contributed by atoms with Crippen LogP contribution in [0.2, 0.25) is 0 Å². The third kappa shape index (κ3) is 5.69. The molecule has 0 aliphatic heterocycles. The van der Waals surface area contributed by atoms with Gasteiger partial charge in [-0.2, -0.15) is 0 Å². The number of pyridine rings is 1. The van der Waals surface area contributed by atoms with Gasteiger partial charge in [-0.3, -0.25) is 9.59 Å². The molecule has 6 heteroatoms. The molecule has 0 bridgehead atoms. The second-order valence-electron chi connectivity index (χ2n) is 4.63. The second kappa shape index (κ2) is 8.14. The van der Waals surface area contributed by atoms with Crippen molar-refractivity contribution in [2.24, 2.45) is 5.73 Å². The number of rotatable bonds is 8. The van der Waals surface area contributed by atoms with Crippen molar-refractivity contribution in [1.82, 2.24) is 10.3 Å². The summed E-state index contributed by atoms with van der Waals surface area (Å²) in [7, 11) is 0. The van der Waals surface area contributed by atoms with E-state index < -0.39 is 0 Å². The monoisotopic (exact) mass is 278 g/mol. The van der Waals surface area contributed by atoms with Crippen LogP contribution in [0.25, 0.3) is 0 Å². The Morgan fingerprint density at radius 1 is 1.30 bits per heavy atom. The molecular weight excluding hydrogens is 256 g/mol. The topological polar surface area (TPSA) is 97.1 Å². The molecule has 0 fully saturated rings. The van der Waals surface area contributed by atoms with E-state index in [9.17, 15) is 9.59 Å². The lowest BCUT2D eigenvalue weighted by atomic mass is 10.2. The van der Waals surface area contributed by atoms with Crippen LogP contribution in [0, 0.1) is 6.92 Å². The minimum absolute atomic E-state index is 0.167. The van der Waals surface area contributed by atoms with Gasteiger partial charge in [-0.25, -0.2) is 4.98 Å². The summed E-state index contributed by atoms with van der Waals surface area (Å²) in [4.78, 5) is 26.9. The van der Waals surface area contributed by atoms with Gasteiger partial charge in [0.2, 0.25) is 5.91 Å². The van der Waals surface area contributed by atoms with Gasteiger partial charge in [0, 0.05) is 30.8 Å². The minimum atomic E-state index is -0.356. The molecular formula is C14H22N4O2. The number of carbonyl (C=O) groups excluding carboxylic acids is 2. The fourth-order valence-electron chi connectivity index (χ4n) is 1.71. The van der Waals surface area contributed by atoms with Crippen molar-refractivity contribution in [3.8, 4) is 0 Å². The van der Waals surface area contributed by atoms with E-state index in [0.717, 1.165) is 18.7 Å². The predicted molar refractivity (Wildman–Crippen MR) is 78.5 cm³/mol. The molecule has 1 aromatic rings. The number of carbonyl (C=O) groups is 2. The summed E-state index contributed by atoms with van der Waals surface area (Å²) in [6, 6.07) is 3.46. The standard InChI is InChI=1S/C14H22N4O2/c1-3-6-16-13-9-11(8-10(2)18-13)14(20)17-7-4-5-12(15)19/h8-9H,3-7H2,1-2H3,(H2,15,19)(H,16,18)(H,17,20). The van der Waals surface area contributed by atoms with Crippen LogP contribution < -0.4 is 16.4 Å². The summed E-state index contributed by atoms with van der Waals surface area (Å²) in [5.74, 6) is 0.179. The highest BCUT2D eigenvalue weighted by atomic mass is 16.2. The van der Waals surface area contributed by atoms with Gasteiger partial charge < -0.3 is 16.4 Å². The summed E-state index contributed by atoms with van der Waals surface area (Å²) in [5, 5.41) is 5.92. The van der Waals surface area contributed by atoms with Gasteiger partial charge in [0.05, 0.1) is 0 Å². The zero-order valence-corrected chi connectivity index (χ0v) is 12.0. The number of nitrogens with two attached hydrogens (primary N) is 1. The molecule has 0 saturated carbocycles. The molecule has 0 unspecified atom stereocenters. The first-order chi connectivity index (χ1) is 9.52. The molecule has 0 aliphatic carbocycles. The zero-order valence-electron chi connectivity index (χ0n) is 12.0. The summed E-state index contributed by atoms with van der Waals surface area (Å²) in [5.41, 5.74) is 6.39. The van der Waals surface area contributed by atoms with E-state index >= 15 is 0 Å². The normalized spacial score (nSPS) is 10.1. The van der Waals surface area contributed by atoms with Crippen LogP contribution in [0.15, 0.2) is 12.1 Å². The van der Waals surface area contributed by atoms with E-state index in [1.807, 2.05) is 6.92 Å². The van der Waals surface area contributed by atoms with E-state index in [0.29, 0.717) is 24.3 Å². The summed E-state index contributed by atoms with van der Waals surface area (Å²) in [6.07, 6.45) is 1.81. The highest BCUT2D eigenvalue weighted by Crippen LogP contribution is 2.10. The quantitative estimate of drug-likeness (QED) is 0.622. The maximum atomic E-state index is 12.0. The molecule has 0 saturated heterocycles. The smallest absolute Gasteiger partial charge is 0.251 e. The lowest BCUT2D eigenvalue weighted by Gasteiger charge is -2.09. The SMILES string of the molecule is CCCNc1cc(C(=O)NCCCC(N)=O)cc(C)n1. The van der Waals surface area contributed by atoms with E-state index in [-0.39, 0.29) is 18.2 Å². The Balaban J connectivity index is 2.58. The molecule has 1 heterocycles. The second-order valence-corrected chi connectivity index (χ2v) is 4.63. The first-order valence-electron chi connectivity index (χ1n) is 6.82. The summed E-state index contributed by atoms with van der Waals surface area (Å²) in [6.45, 7) is 5.16. The molecule has 20 heavy (non-hydrogen) atoms. The lowest BCUT2D eigenvalue weighted by Crippen LogP contribution is -2.26. The lowest BCUT2D eigenvalue weighted by molar-refractivity contribution is -0.118. The molecule has 1 rings (SSSR count). The maximum Gasteiger partial charge on any atom is 0.251 e. The Labute approximate surface area is 119 Å². The van der Waals surface area contributed by atoms with E-state index in [1.54, 1.807) is 12.1 Å². The van der Waals surface area contributed by atoms with E-state index in [4.69, 9.17) is 5.73 Å². The van der Waals surface area contributed by atoms with Crippen LogP contribution in [-0.2, 0) is 4.79 Å². The maximum absolute atomic E-state index is 12.0. The molecule has 0 radical (unpaired) electrons. The number of aryl methyl sites for hydroxylation is 1. The molecule has 0 aromatic carbocycles. The Kier molecular flexibility index (Phi) is 6.49. The van der Waals surface area contributed by atoms with Gasteiger partial charge in [0.15, 0.2) is 0 Å². The van der Waals surface area contributed by atoms with Crippen LogP contribution in [0.4, 0.5) is 5.82 Å². The van der Waals surface area contributed by atoms with E-state index in [2.05, 4.69) is 22.5 Å². The predicted octanol–water partition coefficient (Wildman–Crippen LogP) is 1.21. The van der Waals surface area contributed by atoms with Crippen LogP contribution in [0.5, 0.6) is 0 Å². The summed E-state index contributed by atoms with van der Waals surface area (Å²) < 4.78 is 0. The highest BCUT2D eigenvalue weighted by Gasteiger charge is 2.08. The molecule has 1 aromatic heterocycles. The number of aromatic nitrogens is 1. The highest BCUT2D eigenvalue weighted by molar-refractivity contribution is 5.95. The van der Waals surface area contributed by atoms with E-state index in [1.165, 1.54) is 0 Å². The molecule has 0 atom stereocenters. The van der Waals surface area contributed by atoms with Crippen LogP contribution >= 0.6 is 0 Å². The Bertz CT molecular complexity index is 474. The first-order valence-corrected chi connectivity index (χ1v) is 6.82. The molecule has 2 amide bonds. The molecule has 4 N–H and O–H groups in total. The van der Waals surface area contributed by atoms with Crippen LogP contribution in [0.3, 0.4) is 0 Å². The Hall–Kier alpha value is -2.11. The number of amides is 2. The van der Waals surface area contributed by atoms with Crippen molar-refractivity contribution in [3.63, 3.8) is 0 Å². The number of hydrogen-bond acceptors (Lipinski definition) is 4. The fourth-order valence-corrected chi connectivity index (χ4v) is 1.71. The van der Waals surface area contributed by atoms with Crippen molar-refractivity contribution in [3.05, 3.63) is 23.4 Å². The number of primary amides is 1. The Morgan fingerprint density at radius 3 is 2.70 bits per heavy atom. The number of hydrogen-bond donors (Lipinski definition) is 3. The largest absolute Gasteiger partial charge is 0.370 e. The van der Waals surface area contributed by atoms with Gasteiger partial charge in [-0.15, -0.1) is 0 Å². The van der Waals surface area contributed by atoms with Crippen LogP contribution in [-0.4, -0.2) is 29.9 Å².